The number of rotatable bonds is 8. The normalized spacial score (nSPS) is 17.7. The van der Waals surface area contributed by atoms with Crippen molar-refractivity contribution in [1.82, 2.24) is 15.2 Å². The fourth-order valence-electron chi connectivity index (χ4n) is 5.69. The molecule has 0 radical (unpaired) electrons. The van der Waals surface area contributed by atoms with Gasteiger partial charge in [-0.05, 0) is 109 Å². The van der Waals surface area contributed by atoms with Crippen molar-refractivity contribution in [3.05, 3.63) is 74.9 Å². The van der Waals surface area contributed by atoms with Crippen molar-refractivity contribution in [2.24, 2.45) is 0 Å². The predicted octanol–water partition coefficient (Wildman–Crippen LogP) is 5.19. The van der Waals surface area contributed by atoms with Gasteiger partial charge in [0, 0.05) is 53.2 Å². The molecule has 3 aromatic rings. The molecular formula is C30H40N4O3. The number of hydrogen-bond donors (Lipinski definition) is 2. The molecule has 0 saturated heterocycles. The molecule has 0 unspecified atom stereocenters. The Morgan fingerprint density at radius 2 is 1.78 bits per heavy atom. The summed E-state index contributed by atoms with van der Waals surface area (Å²) in [5.41, 5.74) is 5.58. The summed E-state index contributed by atoms with van der Waals surface area (Å²) in [6.07, 6.45) is 6.24. The number of benzene rings is 1. The van der Waals surface area contributed by atoms with Crippen molar-refractivity contribution < 1.29 is 9.21 Å². The molecule has 198 valence electrons. The highest BCUT2D eigenvalue weighted by Crippen LogP contribution is 2.35. The summed E-state index contributed by atoms with van der Waals surface area (Å²) < 4.78 is 5.72. The number of amides is 1. The van der Waals surface area contributed by atoms with Crippen molar-refractivity contribution in [2.45, 2.75) is 72.0 Å². The Bertz CT molecular complexity index is 1280. The number of anilines is 1. The monoisotopic (exact) mass is 504 g/mol. The first-order valence-electron chi connectivity index (χ1n) is 13.3. The molecule has 7 nitrogen and oxygen atoms in total. The molecule has 0 atom stereocenters. The summed E-state index contributed by atoms with van der Waals surface area (Å²) in [5.74, 6) is 0.535. The Balaban J connectivity index is 1.66. The molecule has 1 amide bonds. The van der Waals surface area contributed by atoms with Crippen LogP contribution >= 0.6 is 0 Å². The van der Waals surface area contributed by atoms with Gasteiger partial charge in [0.05, 0.1) is 6.26 Å². The van der Waals surface area contributed by atoms with Crippen LogP contribution in [0.4, 0.5) is 5.69 Å². The first-order chi connectivity index (χ1) is 17.7. The number of nitrogens with zero attached hydrogens (tertiary/aromatic N) is 2. The fourth-order valence-corrected chi connectivity index (χ4v) is 5.69. The number of furan rings is 1. The van der Waals surface area contributed by atoms with E-state index in [1.54, 1.807) is 6.26 Å². The second kappa shape index (κ2) is 11.4. The Labute approximate surface area is 219 Å². The van der Waals surface area contributed by atoms with Gasteiger partial charge < -0.3 is 24.5 Å². The second-order valence-electron chi connectivity index (χ2n) is 10.5. The van der Waals surface area contributed by atoms with Gasteiger partial charge in [0.2, 0.25) is 0 Å². The summed E-state index contributed by atoms with van der Waals surface area (Å²) in [6, 6.07) is 10.8. The molecule has 2 aromatic heterocycles. The SMILES string of the molecule is CCN(c1cc(-c2ccco2)cc(C(=O)NCc2c(C)cc(C)[nH]c2=O)c1C)C1CCC(N(C)C)CC1. The number of H-pyrrole nitrogens is 1. The van der Waals surface area contributed by atoms with E-state index in [-0.39, 0.29) is 18.0 Å². The number of nitrogens with one attached hydrogen (secondary N) is 2. The Kier molecular flexibility index (Phi) is 8.22. The molecule has 1 aliphatic rings. The third kappa shape index (κ3) is 5.82. The quantitative estimate of drug-likeness (QED) is 0.441. The summed E-state index contributed by atoms with van der Waals surface area (Å²) >= 11 is 0. The van der Waals surface area contributed by atoms with Crippen LogP contribution in [0.25, 0.3) is 11.3 Å². The lowest BCUT2D eigenvalue weighted by atomic mass is 9.88. The van der Waals surface area contributed by atoms with E-state index >= 15 is 0 Å². The molecule has 37 heavy (non-hydrogen) atoms. The van der Waals surface area contributed by atoms with E-state index in [9.17, 15) is 9.59 Å². The molecule has 2 N–H and O–H groups in total. The smallest absolute Gasteiger partial charge is 0.253 e. The predicted molar refractivity (Wildman–Crippen MR) is 149 cm³/mol. The maximum absolute atomic E-state index is 13.5. The van der Waals surface area contributed by atoms with Crippen LogP contribution in [0.15, 0.2) is 45.8 Å². The Hall–Kier alpha value is -3.32. The van der Waals surface area contributed by atoms with Crippen LogP contribution in [0.1, 0.15) is 65.3 Å². The lowest BCUT2D eigenvalue weighted by molar-refractivity contribution is 0.0950. The molecular weight excluding hydrogens is 464 g/mol. The van der Waals surface area contributed by atoms with Crippen molar-refractivity contribution in [2.75, 3.05) is 25.5 Å². The van der Waals surface area contributed by atoms with Gasteiger partial charge in [0.15, 0.2) is 0 Å². The van der Waals surface area contributed by atoms with E-state index in [2.05, 4.69) is 47.2 Å². The van der Waals surface area contributed by atoms with E-state index < -0.39 is 0 Å². The molecule has 7 heteroatoms. The second-order valence-corrected chi connectivity index (χ2v) is 10.5. The number of aromatic nitrogens is 1. The van der Waals surface area contributed by atoms with E-state index in [4.69, 9.17) is 4.42 Å². The molecule has 0 aliphatic heterocycles. The molecule has 4 rings (SSSR count). The minimum atomic E-state index is -0.195. The van der Waals surface area contributed by atoms with Crippen LogP contribution in [0, 0.1) is 20.8 Å². The zero-order chi connectivity index (χ0) is 26.7. The first-order valence-corrected chi connectivity index (χ1v) is 13.3. The number of aromatic amines is 1. The third-order valence-electron chi connectivity index (χ3n) is 7.84. The molecule has 2 heterocycles. The van der Waals surface area contributed by atoms with Gasteiger partial charge in [-0.2, -0.15) is 0 Å². The molecule has 1 aromatic carbocycles. The van der Waals surface area contributed by atoms with Crippen LogP contribution in [0.3, 0.4) is 0 Å². The van der Waals surface area contributed by atoms with Crippen LogP contribution in [0.2, 0.25) is 0 Å². The molecule has 0 bridgehead atoms. The van der Waals surface area contributed by atoms with Crippen LogP contribution in [0.5, 0.6) is 0 Å². The van der Waals surface area contributed by atoms with Crippen molar-refractivity contribution >= 4 is 11.6 Å². The maximum Gasteiger partial charge on any atom is 0.253 e. The lowest BCUT2D eigenvalue weighted by Crippen LogP contribution is -2.42. The van der Waals surface area contributed by atoms with E-state index in [0.29, 0.717) is 23.2 Å². The topological polar surface area (TPSA) is 81.6 Å². The lowest BCUT2D eigenvalue weighted by Gasteiger charge is -2.40. The highest BCUT2D eigenvalue weighted by molar-refractivity contribution is 5.98. The summed E-state index contributed by atoms with van der Waals surface area (Å²) in [7, 11) is 4.33. The van der Waals surface area contributed by atoms with Gasteiger partial charge >= 0.3 is 0 Å². The van der Waals surface area contributed by atoms with Gasteiger partial charge in [-0.15, -0.1) is 0 Å². The van der Waals surface area contributed by atoms with E-state index in [1.165, 1.54) is 12.8 Å². The fraction of sp³-hybridized carbons (Fsp3) is 0.467. The van der Waals surface area contributed by atoms with Crippen molar-refractivity contribution in [3.8, 4) is 11.3 Å². The largest absolute Gasteiger partial charge is 0.464 e. The zero-order valence-electron chi connectivity index (χ0n) is 23.0. The summed E-state index contributed by atoms with van der Waals surface area (Å²) in [6.45, 7) is 8.99. The van der Waals surface area contributed by atoms with Gasteiger partial charge in [-0.25, -0.2) is 0 Å². The van der Waals surface area contributed by atoms with Crippen LogP contribution in [-0.4, -0.2) is 48.5 Å². The number of carbonyl (C=O) groups excluding carboxylic acids is 1. The van der Waals surface area contributed by atoms with Crippen molar-refractivity contribution in [3.63, 3.8) is 0 Å². The average Bonchev–Trinajstić information content (AvgIpc) is 3.40. The first kappa shape index (κ1) is 26.7. The minimum Gasteiger partial charge on any atom is -0.464 e. The molecule has 1 fully saturated rings. The van der Waals surface area contributed by atoms with Crippen LogP contribution < -0.4 is 15.8 Å². The van der Waals surface area contributed by atoms with Gasteiger partial charge in [0.25, 0.3) is 11.5 Å². The third-order valence-corrected chi connectivity index (χ3v) is 7.84. The Morgan fingerprint density at radius 3 is 2.38 bits per heavy atom. The molecule has 0 spiro atoms. The number of aryl methyl sites for hydroxylation is 2. The number of pyridine rings is 1. The minimum absolute atomic E-state index is 0.162. The maximum atomic E-state index is 13.5. The van der Waals surface area contributed by atoms with Crippen LogP contribution in [-0.2, 0) is 6.54 Å². The van der Waals surface area contributed by atoms with Gasteiger partial charge in [-0.1, -0.05) is 0 Å². The molecule has 1 saturated carbocycles. The molecule has 1 aliphatic carbocycles. The van der Waals surface area contributed by atoms with Gasteiger partial charge in [0.1, 0.15) is 5.76 Å². The van der Waals surface area contributed by atoms with Crippen molar-refractivity contribution in [1.29, 1.82) is 0 Å². The summed E-state index contributed by atoms with van der Waals surface area (Å²) in [5, 5.41) is 3.00. The highest BCUT2D eigenvalue weighted by Gasteiger charge is 2.28. The Morgan fingerprint density at radius 1 is 1.08 bits per heavy atom. The van der Waals surface area contributed by atoms with Gasteiger partial charge in [-0.3, -0.25) is 9.59 Å². The number of hydrogen-bond acceptors (Lipinski definition) is 5. The zero-order valence-corrected chi connectivity index (χ0v) is 23.0. The standard InChI is InChI=1S/C30H40N4O3/c1-7-34(24-12-10-23(11-13-24)33(5)6)27-17-22(28-9-8-14-37-28)16-25(21(27)4)29(35)31-18-26-19(2)15-20(3)32-30(26)36/h8-9,14-17,23-24H,7,10-13,18H2,1-6H3,(H,31,35)(H,32,36). The van der Waals surface area contributed by atoms with E-state index in [0.717, 1.165) is 53.2 Å². The summed E-state index contributed by atoms with van der Waals surface area (Å²) in [4.78, 5) is 33.6. The van der Waals surface area contributed by atoms with E-state index in [1.807, 2.05) is 45.0 Å². The highest BCUT2D eigenvalue weighted by atomic mass is 16.3. The number of carbonyl (C=O) groups is 1. The average molecular weight is 505 g/mol.